The van der Waals surface area contributed by atoms with Crippen LogP contribution in [0.15, 0.2) is 54.6 Å². The fraction of sp³-hybridized carbons (Fsp3) is 0.333. The van der Waals surface area contributed by atoms with E-state index in [1.807, 2.05) is 0 Å². The van der Waals surface area contributed by atoms with E-state index in [0.29, 0.717) is 11.1 Å². The molecule has 182 valence electrons. The van der Waals surface area contributed by atoms with Gasteiger partial charge in [0.25, 0.3) is 0 Å². The largest absolute Gasteiger partial charge is 0.508 e. The second-order valence-electron chi connectivity index (χ2n) is 7.54. The molecular weight excluding hydrogens is 448 g/mol. The van der Waals surface area contributed by atoms with Crippen LogP contribution in [-0.4, -0.2) is 69.7 Å². The van der Waals surface area contributed by atoms with Crippen molar-refractivity contribution in [3.8, 4) is 11.5 Å². The summed E-state index contributed by atoms with van der Waals surface area (Å²) in [5.41, 5.74) is 1.03. The molecule has 5 unspecified atom stereocenters. The van der Waals surface area contributed by atoms with E-state index in [4.69, 9.17) is 18.9 Å². The third-order valence-electron chi connectivity index (χ3n) is 5.04. The van der Waals surface area contributed by atoms with Gasteiger partial charge >= 0.3 is 11.9 Å². The van der Waals surface area contributed by atoms with Crippen LogP contribution in [-0.2, 0) is 30.4 Å². The summed E-state index contributed by atoms with van der Waals surface area (Å²) < 4.78 is 21.7. The van der Waals surface area contributed by atoms with Crippen LogP contribution in [0.3, 0.4) is 0 Å². The van der Waals surface area contributed by atoms with Gasteiger partial charge in [-0.25, -0.2) is 4.79 Å². The lowest BCUT2D eigenvalue weighted by molar-refractivity contribution is -0.282. The molecule has 0 bridgehead atoms. The van der Waals surface area contributed by atoms with Crippen LogP contribution in [0.25, 0.3) is 6.08 Å². The van der Waals surface area contributed by atoms with Gasteiger partial charge in [-0.15, -0.1) is 0 Å². The van der Waals surface area contributed by atoms with Crippen molar-refractivity contribution < 1.29 is 49.0 Å². The van der Waals surface area contributed by atoms with E-state index >= 15 is 0 Å². The summed E-state index contributed by atoms with van der Waals surface area (Å²) in [6, 6.07) is 12.6. The summed E-state index contributed by atoms with van der Waals surface area (Å²) in [7, 11) is 0. The topological polar surface area (TPSA) is 152 Å². The van der Waals surface area contributed by atoms with Crippen molar-refractivity contribution in [2.45, 2.75) is 44.2 Å². The molecule has 1 saturated heterocycles. The average molecular weight is 474 g/mol. The van der Waals surface area contributed by atoms with E-state index < -0.39 is 42.6 Å². The molecule has 1 heterocycles. The van der Waals surface area contributed by atoms with Gasteiger partial charge in [0.2, 0.25) is 6.29 Å². The first kappa shape index (κ1) is 25.2. The second-order valence-corrected chi connectivity index (χ2v) is 7.54. The van der Waals surface area contributed by atoms with Crippen molar-refractivity contribution in [3.05, 3.63) is 65.7 Å². The SMILES string of the molecule is CC(=O)OCC1OC(Oc2ccccc2CO)C(OC(=O)C=Cc2ccc(O)cc2)C(O)C1O. The zero-order chi connectivity index (χ0) is 24.7. The number of hydrogen-bond acceptors (Lipinski definition) is 10. The summed E-state index contributed by atoms with van der Waals surface area (Å²) in [4.78, 5) is 23.6. The molecule has 0 aliphatic carbocycles. The van der Waals surface area contributed by atoms with E-state index in [0.717, 1.165) is 6.08 Å². The number of carbonyl (C=O) groups excluding carboxylic acids is 2. The molecule has 0 amide bonds. The van der Waals surface area contributed by atoms with E-state index in [1.165, 1.54) is 25.1 Å². The molecule has 0 aromatic heterocycles. The Morgan fingerprint density at radius 2 is 1.76 bits per heavy atom. The van der Waals surface area contributed by atoms with Crippen molar-refractivity contribution in [2.75, 3.05) is 6.61 Å². The zero-order valence-electron chi connectivity index (χ0n) is 18.3. The van der Waals surface area contributed by atoms with Gasteiger partial charge in [-0.3, -0.25) is 4.79 Å². The maximum absolute atomic E-state index is 12.4. The molecule has 34 heavy (non-hydrogen) atoms. The van der Waals surface area contributed by atoms with Crippen LogP contribution in [0, 0.1) is 0 Å². The van der Waals surface area contributed by atoms with Crippen LogP contribution < -0.4 is 4.74 Å². The van der Waals surface area contributed by atoms with Gasteiger partial charge in [0, 0.05) is 18.6 Å². The van der Waals surface area contributed by atoms with E-state index in [1.54, 1.807) is 36.4 Å². The molecule has 10 heteroatoms. The molecular formula is C24H26O10. The monoisotopic (exact) mass is 474 g/mol. The highest BCUT2D eigenvalue weighted by molar-refractivity contribution is 5.87. The van der Waals surface area contributed by atoms with Crippen molar-refractivity contribution in [1.29, 1.82) is 0 Å². The number of aromatic hydroxyl groups is 1. The number of phenolic OH excluding ortho intramolecular Hbond substituents is 1. The molecule has 0 spiro atoms. The number of carbonyl (C=O) groups is 2. The summed E-state index contributed by atoms with van der Waals surface area (Å²) in [5.74, 6) is -1.18. The van der Waals surface area contributed by atoms with Crippen LogP contribution in [0.5, 0.6) is 11.5 Å². The minimum Gasteiger partial charge on any atom is -0.508 e. The number of aliphatic hydroxyl groups excluding tert-OH is 3. The lowest BCUT2D eigenvalue weighted by atomic mass is 9.99. The zero-order valence-corrected chi connectivity index (χ0v) is 18.3. The van der Waals surface area contributed by atoms with Gasteiger partial charge in [-0.2, -0.15) is 0 Å². The first-order valence-electron chi connectivity index (χ1n) is 10.5. The number of aliphatic hydroxyl groups is 3. The number of rotatable bonds is 8. The first-order chi connectivity index (χ1) is 16.3. The maximum atomic E-state index is 12.4. The smallest absolute Gasteiger partial charge is 0.331 e. The van der Waals surface area contributed by atoms with Crippen molar-refractivity contribution in [3.63, 3.8) is 0 Å². The van der Waals surface area contributed by atoms with Crippen LogP contribution in [0.4, 0.5) is 0 Å². The molecule has 1 aliphatic heterocycles. The standard InChI is InChI=1S/C24H26O10/c1-14(26)31-13-19-21(29)22(30)23(24(33-19)32-18-5-3-2-4-16(18)12-25)34-20(28)11-8-15-6-9-17(27)10-7-15/h2-11,19,21-25,27,29-30H,12-13H2,1H3. The van der Waals surface area contributed by atoms with Crippen LogP contribution >= 0.6 is 0 Å². The summed E-state index contributed by atoms with van der Waals surface area (Å²) in [5, 5.41) is 40.1. The highest BCUT2D eigenvalue weighted by Crippen LogP contribution is 2.28. The minimum absolute atomic E-state index is 0.0719. The number of benzene rings is 2. The van der Waals surface area contributed by atoms with Crippen LogP contribution in [0.1, 0.15) is 18.1 Å². The van der Waals surface area contributed by atoms with Gasteiger partial charge in [-0.1, -0.05) is 30.3 Å². The number of phenols is 1. The lowest BCUT2D eigenvalue weighted by Gasteiger charge is -2.41. The van der Waals surface area contributed by atoms with Gasteiger partial charge in [0.15, 0.2) is 6.10 Å². The van der Waals surface area contributed by atoms with E-state index in [2.05, 4.69) is 0 Å². The van der Waals surface area contributed by atoms with Crippen molar-refractivity contribution in [2.24, 2.45) is 0 Å². The summed E-state index contributed by atoms with van der Waals surface area (Å²) >= 11 is 0. The number of hydrogen-bond donors (Lipinski definition) is 4. The molecule has 4 N–H and O–H groups in total. The highest BCUT2D eigenvalue weighted by Gasteiger charge is 2.48. The molecule has 1 fully saturated rings. The molecule has 1 aliphatic rings. The van der Waals surface area contributed by atoms with Crippen molar-refractivity contribution >= 4 is 18.0 Å². The Hall–Kier alpha value is -3.44. The highest BCUT2D eigenvalue weighted by atomic mass is 16.7. The quantitative estimate of drug-likeness (QED) is 0.321. The van der Waals surface area contributed by atoms with Crippen molar-refractivity contribution in [1.82, 2.24) is 0 Å². The predicted octanol–water partition coefficient (Wildman–Crippen LogP) is 0.898. The Kier molecular flexibility index (Phi) is 8.61. The molecule has 0 saturated carbocycles. The normalized spacial score (nSPS) is 24.5. The Morgan fingerprint density at radius 3 is 2.44 bits per heavy atom. The Labute approximate surface area is 195 Å². The molecule has 10 nitrogen and oxygen atoms in total. The van der Waals surface area contributed by atoms with Gasteiger partial charge in [0.1, 0.15) is 36.4 Å². The molecule has 2 aromatic rings. The van der Waals surface area contributed by atoms with E-state index in [-0.39, 0.29) is 24.7 Å². The van der Waals surface area contributed by atoms with Gasteiger partial charge < -0.3 is 39.4 Å². The predicted molar refractivity (Wildman–Crippen MR) is 117 cm³/mol. The van der Waals surface area contributed by atoms with Gasteiger partial charge in [0.05, 0.1) is 6.61 Å². The second kappa shape index (κ2) is 11.6. The van der Waals surface area contributed by atoms with Gasteiger partial charge in [-0.05, 0) is 29.8 Å². The summed E-state index contributed by atoms with van der Waals surface area (Å²) in [6.07, 6.45) is -4.64. The number of ether oxygens (including phenoxy) is 4. The van der Waals surface area contributed by atoms with Crippen LogP contribution in [0.2, 0.25) is 0 Å². The number of para-hydroxylation sites is 1. The Bertz CT molecular complexity index is 1000. The maximum Gasteiger partial charge on any atom is 0.331 e. The van der Waals surface area contributed by atoms with E-state index in [9.17, 15) is 30.0 Å². The molecule has 3 rings (SSSR count). The fourth-order valence-electron chi connectivity index (χ4n) is 3.26. The summed E-state index contributed by atoms with van der Waals surface area (Å²) in [6.45, 7) is 0.476. The Balaban J connectivity index is 1.79. The first-order valence-corrected chi connectivity index (χ1v) is 10.5. The third-order valence-corrected chi connectivity index (χ3v) is 5.04. The molecule has 2 aromatic carbocycles. The average Bonchev–Trinajstić information content (AvgIpc) is 2.82. The minimum atomic E-state index is -1.63. The molecule has 0 radical (unpaired) electrons. The molecule has 5 atom stereocenters. The fourth-order valence-corrected chi connectivity index (χ4v) is 3.26. The third kappa shape index (κ3) is 6.55. The Morgan fingerprint density at radius 1 is 1.06 bits per heavy atom. The lowest BCUT2D eigenvalue weighted by Crippen LogP contribution is -2.61. The number of esters is 2.